The monoisotopic (exact) mass is 307 g/mol. The van der Waals surface area contributed by atoms with Gasteiger partial charge in [-0.05, 0) is 39.3 Å². The number of aliphatic hydroxyl groups is 1. The topological polar surface area (TPSA) is 80.0 Å². The van der Waals surface area contributed by atoms with Gasteiger partial charge in [-0.1, -0.05) is 0 Å². The first-order chi connectivity index (χ1) is 10.4. The zero-order chi connectivity index (χ0) is 16.3. The van der Waals surface area contributed by atoms with Gasteiger partial charge in [-0.2, -0.15) is 0 Å². The number of ether oxygens (including phenoxy) is 1. The number of amides is 1. The van der Waals surface area contributed by atoms with Gasteiger partial charge < -0.3 is 19.2 Å². The van der Waals surface area contributed by atoms with Gasteiger partial charge in [0.1, 0.15) is 11.8 Å². The molecule has 1 aromatic heterocycles. The summed E-state index contributed by atoms with van der Waals surface area (Å²) in [5, 5.41) is 10.0. The number of hydrogen-bond donors (Lipinski definition) is 1. The van der Waals surface area contributed by atoms with Crippen LogP contribution in [-0.4, -0.2) is 41.0 Å². The summed E-state index contributed by atoms with van der Waals surface area (Å²) < 4.78 is 10.8. The molecule has 1 N–H and O–H groups in total. The molecule has 0 bridgehead atoms. The zero-order valence-corrected chi connectivity index (χ0v) is 13.0. The van der Waals surface area contributed by atoms with Gasteiger partial charge in [0.25, 0.3) is 5.91 Å². The number of carbonyl (C=O) groups excluding carboxylic acids is 2. The lowest BCUT2D eigenvalue weighted by molar-refractivity contribution is -0.129. The van der Waals surface area contributed by atoms with E-state index in [-0.39, 0.29) is 17.5 Å². The fourth-order valence-corrected chi connectivity index (χ4v) is 2.54. The Balaban J connectivity index is 2.18. The molecule has 1 aliphatic heterocycles. The molecular weight excluding hydrogens is 286 g/mol. The Morgan fingerprint density at radius 3 is 2.77 bits per heavy atom. The smallest absolute Gasteiger partial charge is 0.290 e. The summed E-state index contributed by atoms with van der Waals surface area (Å²) in [6.07, 6.45) is 2.21. The minimum Gasteiger partial charge on any atom is -0.503 e. The molecule has 2 heterocycles. The van der Waals surface area contributed by atoms with Gasteiger partial charge in [-0.3, -0.25) is 9.59 Å². The molecule has 1 amide bonds. The summed E-state index contributed by atoms with van der Waals surface area (Å²) in [5.74, 6) is -0.907. The van der Waals surface area contributed by atoms with Crippen molar-refractivity contribution >= 4 is 11.7 Å². The Bertz CT molecular complexity index is 573. The maximum atomic E-state index is 12.2. The first kappa shape index (κ1) is 16.3. The lowest BCUT2D eigenvalue weighted by Gasteiger charge is -2.24. The van der Waals surface area contributed by atoms with Crippen LogP contribution in [-0.2, 0) is 14.3 Å². The van der Waals surface area contributed by atoms with E-state index in [0.717, 1.165) is 0 Å². The van der Waals surface area contributed by atoms with E-state index in [1.165, 1.54) is 18.1 Å². The van der Waals surface area contributed by atoms with E-state index in [9.17, 15) is 14.7 Å². The van der Waals surface area contributed by atoms with Gasteiger partial charge in [0.15, 0.2) is 11.5 Å². The van der Waals surface area contributed by atoms with Crippen LogP contribution < -0.4 is 0 Å². The molecule has 0 aliphatic carbocycles. The van der Waals surface area contributed by atoms with E-state index in [2.05, 4.69) is 0 Å². The molecule has 0 radical (unpaired) electrons. The maximum absolute atomic E-state index is 12.2. The summed E-state index contributed by atoms with van der Waals surface area (Å²) in [7, 11) is 0. The lowest BCUT2D eigenvalue weighted by atomic mass is 10.0. The first-order valence-corrected chi connectivity index (χ1v) is 7.33. The number of hydrogen-bond acceptors (Lipinski definition) is 5. The molecule has 0 fully saturated rings. The maximum Gasteiger partial charge on any atom is 0.290 e. The second-order valence-corrected chi connectivity index (χ2v) is 5.51. The summed E-state index contributed by atoms with van der Waals surface area (Å²) in [5.41, 5.74) is 0.0877. The normalized spacial score (nSPS) is 18.6. The van der Waals surface area contributed by atoms with E-state index in [1.807, 2.05) is 13.8 Å². The average molecular weight is 307 g/mol. The van der Waals surface area contributed by atoms with E-state index < -0.39 is 17.7 Å². The number of furan rings is 1. The molecule has 1 aromatic rings. The van der Waals surface area contributed by atoms with Crippen LogP contribution in [0.5, 0.6) is 0 Å². The summed E-state index contributed by atoms with van der Waals surface area (Å²) in [6.45, 7) is 6.09. The van der Waals surface area contributed by atoms with Crippen molar-refractivity contribution < 1.29 is 23.8 Å². The third-order valence-electron chi connectivity index (χ3n) is 3.49. The fraction of sp³-hybridized carbons (Fsp3) is 0.500. The Morgan fingerprint density at radius 1 is 1.50 bits per heavy atom. The minimum atomic E-state index is -0.668. The Kier molecular flexibility index (Phi) is 5.03. The highest BCUT2D eigenvalue weighted by Gasteiger charge is 2.43. The molecule has 0 saturated heterocycles. The average Bonchev–Trinajstić information content (AvgIpc) is 3.04. The molecule has 6 heteroatoms. The fourth-order valence-electron chi connectivity index (χ4n) is 2.54. The van der Waals surface area contributed by atoms with Crippen LogP contribution in [0.1, 0.15) is 39.0 Å². The van der Waals surface area contributed by atoms with Crippen molar-refractivity contribution in [3.8, 4) is 0 Å². The molecule has 1 atom stereocenters. The van der Waals surface area contributed by atoms with Gasteiger partial charge in [0.05, 0.1) is 17.9 Å². The van der Waals surface area contributed by atoms with Crippen molar-refractivity contribution in [1.29, 1.82) is 0 Å². The van der Waals surface area contributed by atoms with Crippen LogP contribution in [0.3, 0.4) is 0 Å². The van der Waals surface area contributed by atoms with E-state index in [0.29, 0.717) is 25.3 Å². The van der Waals surface area contributed by atoms with Crippen LogP contribution in [0.2, 0.25) is 0 Å². The molecule has 0 spiro atoms. The quantitative estimate of drug-likeness (QED) is 0.782. The van der Waals surface area contributed by atoms with E-state index in [1.54, 1.807) is 12.1 Å². The molecule has 0 aromatic carbocycles. The van der Waals surface area contributed by atoms with Crippen LogP contribution >= 0.6 is 0 Å². The summed E-state index contributed by atoms with van der Waals surface area (Å²) in [4.78, 5) is 25.5. The number of aliphatic hydroxyl groups excluding tert-OH is 1. The van der Waals surface area contributed by atoms with Gasteiger partial charge >= 0.3 is 0 Å². The van der Waals surface area contributed by atoms with Crippen LogP contribution in [0.4, 0.5) is 0 Å². The van der Waals surface area contributed by atoms with Crippen molar-refractivity contribution in [3.63, 3.8) is 0 Å². The third-order valence-corrected chi connectivity index (χ3v) is 3.49. The van der Waals surface area contributed by atoms with Crippen molar-refractivity contribution in [2.45, 2.75) is 39.3 Å². The largest absolute Gasteiger partial charge is 0.503 e. The molecular formula is C16H21NO5. The first-order valence-electron chi connectivity index (χ1n) is 7.33. The van der Waals surface area contributed by atoms with Crippen LogP contribution in [0.15, 0.2) is 34.1 Å². The lowest BCUT2D eigenvalue weighted by Crippen LogP contribution is -2.32. The molecule has 0 saturated carbocycles. The molecule has 1 aliphatic rings. The van der Waals surface area contributed by atoms with E-state index in [4.69, 9.17) is 9.15 Å². The number of Topliss-reactive ketones (excluding diaryl/α,β-unsaturated/α-hetero) is 1. The molecule has 22 heavy (non-hydrogen) atoms. The Labute approximate surface area is 129 Å². The van der Waals surface area contributed by atoms with Crippen molar-refractivity contribution in [2.24, 2.45) is 0 Å². The van der Waals surface area contributed by atoms with Crippen molar-refractivity contribution in [2.75, 3.05) is 13.2 Å². The highest BCUT2D eigenvalue weighted by molar-refractivity contribution is 6.07. The van der Waals surface area contributed by atoms with Gasteiger partial charge in [-0.25, -0.2) is 0 Å². The number of carbonyl (C=O) groups is 2. The second-order valence-electron chi connectivity index (χ2n) is 5.51. The molecule has 2 rings (SSSR count). The Hall–Kier alpha value is -2.08. The number of rotatable bonds is 7. The van der Waals surface area contributed by atoms with E-state index >= 15 is 0 Å². The number of nitrogens with zero attached hydrogens (tertiary/aromatic N) is 1. The van der Waals surface area contributed by atoms with Gasteiger partial charge in [-0.15, -0.1) is 0 Å². The third kappa shape index (κ3) is 3.22. The highest BCUT2D eigenvalue weighted by Crippen LogP contribution is 2.37. The molecule has 6 nitrogen and oxygen atoms in total. The SMILES string of the molecule is CC(=O)C1=C(O)C(=O)N(CCCOC(C)C)C1c1ccco1. The predicted molar refractivity (Wildman–Crippen MR) is 79.2 cm³/mol. The van der Waals surface area contributed by atoms with Gasteiger partial charge in [0.2, 0.25) is 0 Å². The van der Waals surface area contributed by atoms with Crippen LogP contribution in [0, 0.1) is 0 Å². The summed E-state index contributed by atoms with van der Waals surface area (Å²) >= 11 is 0. The van der Waals surface area contributed by atoms with Gasteiger partial charge in [0, 0.05) is 13.2 Å². The minimum absolute atomic E-state index is 0.0877. The molecule has 120 valence electrons. The predicted octanol–water partition coefficient (Wildman–Crippen LogP) is 2.38. The second kappa shape index (κ2) is 6.79. The van der Waals surface area contributed by atoms with Crippen LogP contribution in [0.25, 0.3) is 0 Å². The number of ketones is 1. The molecule has 1 unspecified atom stereocenters. The standard InChI is InChI=1S/C16H21NO5/c1-10(2)21-9-5-7-17-14(12-6-4-8-22-12)13(11(3)18)15(19)16(17)20/h4,6,8,10,14,19H,5,7,9H2,1-3H3. The zero-order valence-electron chi connectivity index (χ0n) is 13.0. The Morgan fingerprint density at radius 2 is 2.23 bits per heavy atom. The van der Waals surface area contributed by atoms with Crippen molar-refractivity contribution in [1.82, 2.24) is 4.90 Å². The summed E-state index contributed by atoms with van der Waals surface area (Å²) in [6, 6.07) is 2.71. The highest BCUT2D eigenvalue weighted by atomic mass is 16.5. The van der Waals surface area contributed by atoms with Crippen molar-refractivity contribution in [3.05, 3.63) is 35.5 Å².